The number of aryl methyl sites for hydroxylation is 1. The first kappa shape index (κ1) is 13.8. The maximum absolute atomic E-state index is 12.3. The molecule has 0 saturated carbocycles. The summed E-state index contributed by atoms with van der Waals surface area (Å²) in [5.41, 5.74) is 9.18. The molecule has 0 spiro atoms. The second-order valence-corrected chi connectivity index (χ2v) is 5.49. The summed E-state index contributed by atoms with van der Waals surface area (Å²) in [6.07, 6.45) is 0. The molecule has 4 heteroatoms. The van der Waals surface area contributed by atoms with Crippen LogP contribution in [0.25, 0.3) is 0 Å². The normalized spacial score (nSPS) is 12.2. The summed E-state index contributed by atoms with van der Waals surface area (Å²) < 4.78 is 0. The van der Waals surface area contributed by atoms with Crippen LogP contribution >= 0.6 is 11.3 Å². The second kappa shape index (κ2) is 5.99. The highest BCUT2D eigenvalue weighted by molar-refractivity contribution is 7.07. The molecule has 3 nitrogen and oxygen atoms in total. The summed E-state index contributed by atoms with van der Waals surface area (Å²) in [4.78, 5) is 13.9. The molecule has 2 aromatic rings. The Labute approximate surface area is 117 Å². The molecule has 0 fully saturated rings. The Morgan fingerprint density at radius 2 is 2.00 bits per heavy atom. The van der Waals surface area contributed by atoms with Crippen molar-refractivity contribution in [1.29, 1.82) is 0 Å². The quantitative estimate of drug-likeness (QED) is 0.931. The van der Waals surface area contributed by atoms with Crippen LogP contribution in [0.15, 0.2) is 41.1 Å². The smallest absolute Gasteiger partial charge is 0.244 e. The highest BCUT2D eigenvalue weighted by Gasteiger charge is 2.19. The third kappa shape index (κ3) is 3.43. The number of rotatable bonds is 4. The minimum atomic E-state index is -0.593. The number of carbonyl (C=O) groups excluding carboxylic acids is 1. The molecule has 2 N–H and O–H groups in total. The molecule has 1 aromatic heterocycles. The lowest BCUT2D eigenvalue weighted by Gasteiger charge is -2.21. The van der Waals surface area contributed by atoms with Crippen LogP contribution in [0.1, 0.15) is 22.7 Å². The molecule has 0 bridgehead atoms. The van der Waals surface area contributed by atoms with E-state index in [1.54, 1.807) is 23.3 Å². The van der Waals surface area contributed by atoms with Crippen LogP contribution in [-0.4, -0.2) is 17.9 Å². The van der Waals surface area contributed by atoms with E-state index in [4.69, 9.17) is 5.73 Å². The molecule has 0 radical (unpaired) electrons. The first-order valence-corrected chi connectivity index (χ1v) is 7.10. The fourth-order valence-corrected chi connectivity index (χ4v) is 2.55. The van der Waals surface area contributed by atoms with Crippen LogP contribution < -0.4 is 5.73 Å². The fourth-order valence-electron chi connectivity index (χ4n) is 1.89. The van der Waals surface area contributed by atoms with Gasteiger partial charge in [-0.25, -0.2) is 0 Å². The van der Waals surface area contributed by atoms with Crippen molar-refractivity contribution in [2.75, 3.05) is 7.05 Å². The second-order valence-electron chi connectivity index (χ2n) is 4.71. The van der Waals surface area contributed by atoms with Crippen molar-refractivity contribution in [1.82, 2.24) is 4.90 Å². The van der Waals surface area contributed by atoms with Gasteiger partial charge in [0.05, 0.1) is 0 Å². The van der Waals surface area contributed by atoms with Crippen LogP contribution in [0.3, 0.4) is 0 Å². The van der Waals surface area contributed by atoms with E-state index < -0.39 is 6.04 Å². The van der Waals surface area contributed by atoms with Crippen LogP contribution in [-0.2, 0) is 11.3 Å². The van der Waals surface area contributed by atoms with Crippen molar-refractivity contribution in [2.45, 2.75) is 19.5 Å². The van der Waals surface area contributed by atoms with Gasteiger partial charge in [-0.3, -0.25) is 4.79 Å². The molecule has 0 aliphatic heterocycles. The van der Waals surface area contributed by atoms with Crippen molar-refractivity contribution in [3.05, 3.63) is 57.8 Å². The molecule has 19 heavy (non-hydrogen) atoms. The van der Waals surface area contributed by atoms with Gasteiger partial charge in [-0.2, -0.15) is 11.3 Å². The van der Waals surface area contributed by atoms with Gasteiger partial charge in [-0.05, 0) is 34.9 Å². The van der Waals surface area contributed by atoms with Crippen molar-refractivity contribution in [3.8, 4) is 0 Å². The molecular formula is C15H18N2OS. The molecule has 2 rings (SSSR count). The zero-order chi connectivity index (χ0) is 13.8. The van der Waals surface area contributed by atoms with Gasteiger partial charge in [0, 0.05) is 13.6 Å². The number of carbonyl (C=O) groups is 1. The largest absolute Gasteiger partial charge is 0.340 e. The van der Waals surface area contributed by atoms with E-state index in [1.807, 2.05) is 48.0 Å². The zero-order valence-electron chi connectivity index (χ0n) is 11.2. The summed E-state index contributed by atoms with van der Waals surface area (Å²) in [5, 5.41) is 4.05. The Hall–Kier alpha value is -1.65. The topological polar surface area (TPSA) is 46.3 Å². The predicted octanol–water partition coefficient (Wildman–Crippen LogP) is 2.71. The fraction of sp³-hybridized carbons (Fsp3) is 0.267. The lowest BCUT2D eigenvalue weighted by molar-refractivity contribution is -0.131. The summed E-state index contributed by atoms with van der Waals surface area (Å²) >= 11 is 1.63. The number of thiophene rings is 1. The van der Waals surface area contributed by atoms with Crippen molar-refractivity contribution >= 4 is 17.2 Å². The predicted molar refractivity (Wildman–Crippen MR) is 78.9 cm³/mol. The van der Waals surface area contributed by atoms with Crippen LogP contribution in [0.5, 0.6) is 0 Å². The Kier molecular flexibility index (Phi) is 4.35. The highest BCUT2D eigenvalue weighted by atomic mass is 32.1. The monoisotopic (exact) mass is 274 g/mol. The molecule has 1 unspecified atom stereocenters. The van der Waals surface area contributed by atoms with E-state index in [9.17, 15) is 4.79 Å². The van der Waals surface area contributed by atoms with Gasteiger partial charge in [0.25, 0.3) is 0 Å². The van der Waals surface area contributed by atoms with Crippen molar-refractivity contribution < 1.29 is 4.79 Å². The van der Waals surface area contributed by atoms with E-state index in [1.165, 1.54) is 0 Å². The number of hydrogen-bond acceptors (Lipinski definition) is 3. The number of nitrogens with zero attached hydrogens (tertiary/aromatic N) is 1. The standard InChI is InChI=1S/C15H18N2OS/c1-11-3-5-13(6-4-11)14(16)15(18)17(2)9-12-7-8-19-10-12/h3-8,10,14H,9,16H2,1-2H3. The first-order valence-electron chi connectivity index (χ1n) is 6.16. The van der Waals surface area contributed by atoms with Gasteiger partial charge in [-0.1, -0.05) is 29.8 Å². The van der Waals surface area contributed by atoms with E-state index in [0.29, 0.717) is 6.54 Å². The van der Waals surface area contributed by atoms with E-state index in [0.717, 1.165) is 16.7 Å². The zero-order valence-corrected chi connectivity index (χ0v) is 12.0. The van der Waals surface area contributed by atoms with Gasteiger partial charge < -0.3 is 10.6 Å². The van der Waals surface area contributed by atoms with Crippen LogP contribution in [0, 0.1) is 6.92 Å². The Balaban J connectivity index is 2.04. The lowest BCUT2D eigenvalue weighted by Crippen LogP contribution is -2.35. The third-order valence-electron chi connectivity index (χ3n) is 3.08. The molecule has 1 atom stereocenters. The minimum absolute atomic E-state index is 0.0601. The van der Waals surface area contributed by atoms with Gasteiger partial charge in [0.2, 0.25) is 5.91 Å². The molecule has 1 heterocycles. The maximum Gasteiger partial charge on any atom is 0.244 e. The number of amides is 1. The Bertz CT molecular complexity index is 534. The van der Waals surface area contributed by atoms with E-state index >= 15 is 0 Å². The van der Waals surface area contributed by atoms with E-state index in [2.05, 4.69) is 0 Å². The average molecular weight is 274 g/mol. The number of likely N-dealkylation sites (N-methyl/N-ethyl adjacent to an activating group) is 1. The van der Waals surface area contributed by atoms with Crippen LogP contribution in [0.2, 0.25) is 0 Å². The highest BCUT2D eigenvalue weighted by Crippen LogP contribution is 2.16. The van der Waals surface area contributed by atoms with Gasteiger partial charge in [0.15, 0.2) is 0 Å². The third-order valence-corrected chi connectivity index (χ3v) is 3.81. The van der Waals surface area contributed by atoms with Gasteiger partial charge in [-0.15, -0.1) is 0 Å². The first-order chi connectivity index (χ1) is 9.08. The summed E-state index contributed by atoms with van der Waals surface area (Å²) in [6.45, 7) is 2.61. The van der Waals surface area contributed by atoms with E-state index in [-0.39, 0.29) is 5.91 Å². The van der Waals surface area contributed by atoms with Crippen molar-refractivity contribution in [3.63, 3.8) is 0 Å². The Morgan fingerprint density at radius 3 is 2.58 bits per heavy atom. The SMILES string of the molecule is Cc1ccc(C(N)C(=O)N(C)Cc2ccsc2)cc1. The summed E-state index contributed by atoms with van der Waals surface area (Å²) in [7, 11) is 1.79. The summed E-state index contributed by atoms with van der Waals surface area (Å²) in [5.74, 6) is -0.0601. The average Bonchev–Trinajstić information content (AvgIpc) is 2.90. The Morgan fingerprint density at radius 1 is 1.32 bits per heavy atom. The number of hydrogen-bond donors (Lipinski definition) is 1. The number of nitrogens with two attached hydrogens (primary N) is 1. The molecule has 1 amide bonds. The molecular weight excluding hydrogens is 256 g/mol. The van der Waals surface area contributed by atoms with Gasteiger partial charge in [0.1, 0.15) is 6.04 Å². The number of benzene rings is 1. The summed E-state index contributed by atoms with van der Waals surface area (Å²) in [6, 6.07) is 9.20. The molecule has 0 aliphatic rings. The van der Waals surface area contributed by atoms with Gasteiger partial charge >= 0.3 is 0 Å². The van der Waals surface area contributed by atoms with Crippen molar-refractivity contribution in [2.24, 2.45) is 5.73 Å². The maximum atomic E-state index is 12.3. The molecule has 1 aromatic carbocycles. The van der Waals surface area contributed by atoms with Crippen LogP contribution in [0.4, 0.5) is 0 Å². The lowest BCUT2D eigenvalue weighted by atomic mass is 10.0. The molecule has 0 aliphatic carbocycles. The minimum Gasteiger partial charge on any atom is -0.340 e. The molecule has 0 saturated heterocycles. The molecule has 100 valence electrons.